The number of nitrogens with one attached hydrogen (secondary N) is 1. The zero-order chi connectivity index (χ0) is 12.6. The lowest BCUT2D eigenvalue weighted by Crippen LogP contribution is -2.46. The van der Waals surface area contributed by atoms with E-state index in [0.717, 1.165) is 24.7 Å². The molecule has 1 aliphatic carbocycles. The van der Waals surface area contributed by atoms with Gasteiger partial charge in [-0.25, -0.2) is 0 Å². The Labute approximate surface area is 116 Å². The molecule has 0 amide bonds. The molecule has 2 unspecified atom stereocenters. The van der Waals surface area contributed by atoms with Crippen LogP contribution < -0.4 is 5.32 Å². The maximum absolute atomic E-state index is 6.01. The van der Waals surface area contributed by atoms with E-state index in [1.165, 1.54) is 38.5 Å². The minimum absolute atomic E-state index is 0.389. The Hall–Kier alpha value is 0.01000. The van der Waals surface area contributed by atoms with Crippen molar-refractivity contribution in [3.8, 4) is 0 Å². The molecule has 1 heterocycles. The lowest BCUT2D eigenvalue weighted by molar-refractivity contribution is 0.0552. The average Bonchev–Trinajstić information content (AvgIpc) is 2.70. The van der Waals surface area contributed by atoms with Crippen molar-refractivity contribution < 1.29 is 4.74 Å². The number of ether oxygens (including phenoxy) is 1. The van der Waals surface area contributed by atoms with E-state index >= 15 is 0 Å². The van der Waals surface area contributed by atoms with Crippen LogP contribution in [0.3, 0.4) is 0 Å². The number of thioether (sulfide) groups is 1. The van der Waals surface area contributed by atoms with Crippen LogP contribution in [-0.4, -0.2) is 36.8 Å². The Morgan fingerprint density at radius 2 is 2.39 bits per heavy atom. The monoisotopic (exact) mass is 269 g/mol. The first kappa shape index (κ1) is 14.4. The third kappa shape index (κ3) is 4.29. The molecule has 1 saturated heterocycles. The normalized spacial score (nSPS) is 27.4. The van der Waals surface area contributed by atoms with E-state index in [1.807, 2.05) is 11.8 Å². The average molecular weight is 269 g/mol. The predicted molar refractivity (Wildman–Crippen MR) is 80.3 cm³/mol. The minimum atomic E-state index is 0.389. The highest BCUT2D eigenvalue weighted by atomic mass is 32.2. The van der Waals surface area contributed by atoms with Crippen molar-refractivity contribution in [1.29, 1.82) is 0 Å². The Morgan fingerprint density at radius 3 is 3.17 bits per heavy atom. The van der Waals surface area contributed by atoms with Gasteiger partial charge in [0.2, 0.25) is 0 Å². The summed E-state index contributed by atoms with van der Waals surface area (Å²) in [6.45, 7) is 4.27. The van der Waals surface area contributed by atoms with Crippen LogP contribution >= 0.6 is 11.8 Å². The van der Waals surface area contributed by atoms with Gasteiger partial charge in [0.15, 0.2) is 0 Å². The fourth-order valence-electron chi connectivity index (χ4n) is 2.82. The van der Waals surface area contributed by atoms with Crippen molar-refractivity contribution in [3.05, 3.63) is 11.6 Å². The van der Waals surface area contributed by atoms with Crippen LogP contribution in [0, 0.1) is 0 Å². The Bertz CT molecular complexity index is 261. The zero-order valence-electron chi connectivity index (χ0n) is 11.6. The summed E-state index contributed by atoms with van der Waals surface area (Å²) >= 11 is 2.04. The van der Waals surface area contributed by atoms with Crippen LogP contribution in [0.5, 0.6) is 0 Å². The van der Waals surface area contributed by atoms with Crippen molar-refractivity contribution >= 4 is 11.8 Å². The van der Waals surface area contributed by atoms with E-state index in [9.17, 15) is 0 Å². The maximum atomic E-state index is 6.01. The number of rotatable bonds is 5. The molecule has 2 aliphatic rings. The van der Waals surface area contributed by atoms with Gasteiger partial charge in [0.05, 0.1) is 18.8 Å². The summed E-state index contributed by atoms with van der Waals surface area (Å²) in [5, 5.41) is 3.73. The summed E-state index contributed by atoms with van der Waals surface area (Å²) < 4.78 is 6.01. The highest BCUT2D eigenvalue weighted by Gasteiger charge is 2.27. The molecule has 1 fully saturated rings. The van der Waals surface area contributed by atoms with Crippen molar-refractivity contribution in [2.75, 3.05) is 24.7 Å². The van der Waals surface area contributed by atoms with Crippen molar-refractivity contribution in [2.24, 2.45) is 0 Å². The fourth-order valence-corrected chi connectivity index (χ4v) is 3.72. The zero-order valence-corrected chi connectivity index (χ0v) is 12.4. The first-order valence-corrected chi connectivity index (χ1v) is 8.69. The topological polar surface area (TPSA) is 21.3 Å². The van der Waals surface area contributed by atoms with Gasteiger partial charge in [-0.15, -0.1) is 0 Å². The summed E-state index contributed by atoms with van der Waals surface area (Å²) in [4.78, 5) is 0. The highest BCUT2D eigenvalue weighted by molar-refractivity contribution is 7.99. The quantitative estimate of drug-likeness (QED) is 0.773. The maximum Gasteiger partial charge on any atom is 0.0857 e. The molecule has 2 atom stereocenters. The molecule has 1 N–H and O–H groups in total. The molecule has 0 bridgehead atoms. The molecule has 0 aromatic rings. The van der Waals surface area contributed by atoms with Crippen molar-refractivity contribution in [2.45, 2.75) is 57.6 Å². The molecule has 104 valence electrons. The molecule has 3 heteroatoms. The van der Waals surface area contributed by atoms with E-state index in [2.05, 4.69) is 18.3 Å². The van der Waals surface area contributed by atoms with E-state index in [1.54, 1.807) is 5.57 Å². The summed E-state index contributed by atoms with van der Waals surface area (Å²) in [5.74, 6) is 2.31. The Morgan fingerprint density at radius 1 is 1.44 bits per heavy atom. The molecule has 2 rings (SSSR count). The summed E-state index contributed by atoms with van der Waals surface area (Å²) in [5.41, 5.74) is 1.62. The van der Waals surface area contributed by atoms with E-state index < -0.39 is 0 Å². The highest BCUT2D eigenvalue weighted by Crippen LogP contribution is 2.25. The first-order chi connectivity index (χ1) is 8.92. The Balaban J connectivity index is 1.99. The van der Waals surface area contributed by atoms with Gasteiger partial charge in [-0.05, 0) is 38.6 Å². The molecular weight excluding hydrogens is 242 g/mol. The van der Waals surface area contributed by atoms with Crippen molar-refractivity contribution in [3.63, 3.8) is 0 Å². The second-order valence-electron chi connectivity index (χ2n) is 5.29. The van der Waals surface area contributed by atoms with Gasteiger partial charge in [-0.1, -0.05) is 25.0 Å². The van der Waals surface area contributed by atoms with Gasteiger partial charge in [-0.3, -0.25) is 0 Å². The van der Waals surface area contributed by atoms with Crippen LogP contribution in [0.2, 0.25) is 0 Å². The molecule has 0 saturated carbocycles. The lowest BCUT2D eigenvalue weighted by atomic mass is 9.97. The smallest absolute Gasteiger partial charge is 0.0857 e. The van der Waals surface area contributed by atoms with Crippen LogP contribution in [-0.2, 0) is 4.74 Å². The molecule has 2 nitrogen and oxygen atoms in total. The van der Waals surface area contributed by atoms with Crippen LogP contribution in [0.1, 0.15) is 45.4 Å². The number of allylic oxidation sites excluding steroid dienone is 1. The minimum Gasteiger partial charge on any atom is -0.375 e. The van der Waals surface area contributed by atoms with Crippen LogP contribution in [0.15, 0.2) is 11.6 Å². The van der Waals surface area contributed by atoms with Gasteiger partial charge in [0, 0.05) is 11.5 Å². The van der Waals surface area contributed by atoms with Gasteiger partial charge in [0.25, 0.3) is 0 Å². The molecule has 0 radical (unpaired) electrons. The van der Waals surface area contributed by atoms with E-state index in [0.29, 0.717) is 12.1 Å². The molecular formula is C15H27NOS. The summed E-state index contributed by atoms with van der Waals surface area (Å²) in [6, 6.07) is 0.468. The third-order valence-corrected chi connectivity index (χ3v) is 4.82. The van der Waals surface area contributed by atoms with Gasteiger partial charge < -0.3 is 10.1 Å². The standard InChI is InChI=1S/C15H27NOS/c1-2-9-16-15(14-12-18-11-10-17-14)13-7-5-3-4-6-8-13/h7,14-16H,2-6,8-12H2,1H3. The van der Waals surface area contributed by atoms with E-state index in [-0.39, 0.29) is 0 Å². The molecule has 0 aromatic carbocycles. The van der Waals surface area contributed by atoms with Gasteiger partial charge in [-0.2, -0.15) is 11.8 Å². The third-order valence-electron chi connectivity index (χ3n) is 3.80. The SMILES string of the molecule is CCCNC(C1=CCCCCC1)C1CSCCO1. The van der Waals surface area contributed by atoms with Crippen LogP contribution in [0.25, 0.3) is 0 Å². The fraction of sp³-hybridized carbons (Fsp3) is 0.867. The molecule has 0 aromatic heterocycles. The van der Waals surface area contributed by atoms with Gasteiger partial charge >= 0.3 is 0 Å². The predicted octanol–water partition coefficient (Wildman–Crippen LogP) is 3.38. The Kier molecular flexibility index (Phi) is 6.60. The summed E-state index contributed by atoms with van der Waals surface area (Å²) in [6.07, 6.45) is 10.7. The lowest BCUT2D eigenvalue weighted by Gasteiger charge is -2.32. The largest absolute Gasteiger partial charge is 0.375 e. The molecule has 0 spiro atoms. The van der Waals surface area contributed by atoms with Gasteiger partial charge in [0.1, 0.15) is 0 Å². The molecule has 18 heavy (non-hydrogen) atoms. The number of hydrogen-bond donors (Lipinski definition) is 1. The second-order valence-corrected chi connectivity index (χ2v) is 6.44. The second kappa shape index (κ2) is 8.23. The molecule has 1 aliphatic heterocycles. The first-order valence-electron chi connectivity index (χ1n) is 7.53. The summed E-state index contributed by atoms with van der Waals surface area (Å²) in [7, 11) is 0. The number of hydrogen-bond acceptors (Lipinski definition) is 3. The van der Waals surface area contributed by atoms with Crippen molar-refractivity contribution in [1.82, 2.24) is 5.32 Å². The van der Waals surface area contributed by atoms with E-state index in [4.69, 9.17) is 4.74 Å². The van der Waals surface area contributed by atoms with Crippen LogP contribution in [0.4, 0.5) is 0 Å².